The Bertz CT molecular complexity index is 1110. The summed E-state index contributed by atoms with van der Waals surface area (Å²) in [5.74, 6) is 0. The number of aromatic nitrogens is 2. The Labute approximate surface area is 142 Å². The van der Waals surface area contributed by atoms with Gasteiger partial charge in [0, 0.05) is 26.2 Å². The minimum absolute atomic E-state index is 0.0262. The summed E-state index contributed by atoms with van der Waals surface area (Å²) in [5, 5.41) is 20.1. The first-order chi connectivity index (χ1) is 11.9. The Morgan fingerprint density at radius 3 is 2.36 bits per heavy atom. The highest BCUT2D eigenvalue weighted by Crippen LogP contribution is 2.22. The summed E-state index contributed by atoms with van der Waals surface area (Å²) in [4.78, 5) is 22.2. The number of rotatable bonds is 3. The largest absolute Gasteiger partial charge is 0.328 e. The van der Waals surface area contributed by atoms with Crippen LogP contribution in [-0.4, -0.2) is 14.1 Å². The third kappa shape index (κ3) is 2.81. The van der Waals surface area contributed by atoms with Gasteiger partial charge in [-0.2, -0.15) is 5.26 Å². The zero-order valence-electron chi connectivity index (χ0n) is 13.6. The van der Waals surface area contributed by atoms with Gasteiger partial charge in [0.1, 0.15) is 0 Å². The van der Waals surface area contributed by atoms with E-state index >= 15 is 0 Å². The topological polar surface area (TPSA) is 93.9 Å². The molecular weight excluding hydrogens is 320 g/mol. The summed E-state index contributed by atoms with van der Waals surface area (Å²) in [6, 6.07) is 13.4. The predicted octanol–water partition coefficient (Wildman–Crippen LogP) is 2.85. The van der Waals surface area contributed by atoms with Crippen LogP contribution < -0.4 is 5.69 Å². The summed E-state index contributed by atoms with van der Waals surface area (Å²) in [5.41, 5.74) is 3.17. The number of nitrogens with zero attached hydrogens (tertiary/aromatic N) is 4. The number of imidazole rings is 1. The maximum absolute atomic E-state index is 12.0. The van der Waals surface area contributed by atoms with E-state index < -0.39 is 4.92 Å². The third-order valence-electron chi connectivity index (χ3n) is 4.12. The molecule has 1 heterocycles. The average Bonchev–Trinajstić information content (AvgIpc) is 2.84. The van der Waals surface area contributed by atoms with E-state index in [-0.39, 0.29) is 11.4 Å². The van der Waals surface area contributed by atoms with Gasteiger partial charge in [-0.25, -0.2) is 4.79 Å². The molecular formula is C18H14N4O3. The van der Waals surface area contributed by atoms with Gasteiger partial charge in [0.2, 0.25) is 0 Å². The Kier molecular flexibility index (Phi) is 3.95. The Hall–Kier alpha value is -3.66. The molecule has 0 saturated carbocycles. The second-order valence-corrected chi connectivity index (χ2v) is 5.62. The number of hydrogen-bond donors (Lipinski definition) is 0. The number of fused-ring (bicyclic) bond motifs is 1. The molecule has 1 aromatic heterocycles. The molecule has 0 unspecified atom stereocenters. The van der Waals surface area contributed by atoms with E-state index in [0.29, 0.717) is 11.1 Å². The van der Waals surface area contributed by atoms with Crippen molar-refractivity contribution in [2.45, 2.75) is 0 Å². The van der Waals surface area contributed by atoms with Crippen molar-refractivity contribution in [1.29, 1.82) is 5.26 Å². The van der Waals surface area contributed by atoms with Crippen molar-refractivity contribution in [3.05, 3.63) is 74.2 Å². The number of hydrogen-bond acceptors (Lipinski definition) is 4. The van der Waals surface area contributed by atoms with Gasteiger partial charge in [-0.1, -0.05) is 6.07 Å². The monoisotopic (exact) mass is 334 g/mol. The van der Waals surface area contributed by atoms with Crippen LogP contribution in [0.3, 0.4) is 0 Å². The normalized spacial score (nSPS) is 11.5. The molecule has 7 nitrogen and oxygen atoms in total. The number of nitro groups is 1. The molecule has 25 heavy (non-hydrogen) atoms. The van der Waals surface area contributed by atoms with Crippen molar-refractivity contribution in [3.8, 4) is 6.07 Å². The van der Waals surface area contributed by atoms with Gasteiger partial charge in [-0.3, -0.25) is 19.2 Å². The molecule has 0 atom stereocenters. The van der Waals surface area contributed by atoms with E-state index in [9.17, 15) is 20.2 Å². The quantitative estimate of drug-likeness (QED) is 0.318. The fourth-order valence-corrected chi connectivity index (χ4v) is 2.72. The van der Waals surface area contributed by atoms with Crippen LogP contribution in [-0.2, 0) is 14.1 Å². The van der Waals surface area contributed by atoms with Gasteiger partial charge in [0.25, 0.3) is 5.69 Å². The highest BCUT2D eigenvalue weighted by molar-refractivity contribution is 5.91. The molecule has 0 saturated heterocycles. The average molecular weight is 334 g/mol. The van der Waals surface area contributed by atoms with Crippen molar-refractivity contribution in [2.24, 2.45) is 14.1 Å². The fourth-order valence-electron chi connectivity index (χ4n) is 2.72. The molecule has 3 rings (SSSR count). The smallest absolute Gasteiger partial charge is 0.295 e. The maximum Gasteiger partial charge on any atom is 0.328 e. The fraction of sp³-hybridized carbons (Fsp3) is 0.111. The lowest BCUT2D eigenvalue weighted by atomic mass is 10.0. The van der Waals surface area contributed by atoms with Crippen LogP contribution in [0.4, 0.5) is 5.69 Å². The highest BCUT2D eigenvalue weighted by Gasteiger charge is 2.09. The van der Waals surface area contributed by atoms with Crippen molar-refractivity contribution in [2.75, 3.05) is 0 Å². The molecule has 0 radical (unpaired) electrons. The standard InChI is InChI=1S/C18H14N4O3/c1-20-16-8-3-12(10-17(16)21(2)18(20)23)9-14(11-19)13-4-6-15(7-5-13)22(24)25/h3-10H,1-2H3/b14-9-. The minimum atomic E-state index is -0.483. The molecule has 0 amide bonds. The first-order valence-corrected chi connectivity index (χ1v) is 7.44. The Morgan fingerprint density at radius 2 is 1.76 bits per heavy atom. The molecule has 0 aliphatic rings. The van der Waals surface area contributed by atoms with Gasteiger partial charge < -0.3 is 0 Å². The number of nitriles is 1. The molecule has 0 N–H and O–H groups in total. The maximum atomic E-state index is 12.0. The van der Waals surface area contributed by atoms with Gasteiger partial charge in [0.05, 0.1) is 27.6 Å². The van der Waals surface area contributed by atoms with E-state index in [4.69, 9.17) is 0 Å². The van der Waals surface area contributed by atoms with Gasteiger partial charge in [0.15, 0.2) is 0 Å². The van der Waals surface area contributed by atoms with Crippen molar-refractivity contribution in [3.63, 3.8) is 0 Å². The minimum Gasteiger partial charge on any atom is -0.295 e. The van der Waals surface area contributed by atoms with Crippen molar-refractivity contribution in [1.82, 2.24) is 9.13 Å². The summed E-state index contributed by atoms with van der Waals surface area (Å²) < 4.78 is 3.11. The third-order valence-corrected chi connectivity index (χ3v) is 4.12. The van der Waals surface area contributed by atoms with Crippen LogP contribution in [0.25, 0.3) is 22.7 Å². The van der Waals surface area contributed by atoms with Crippen molar-refractivity contribution < 1.29 is 4.92 Å². The SMILES string of the molecule is Cn1c(=O)n(C)c2cc(/C=C(/C#N)c3ccc([N+](=O)[O-])cc3)ccc21. The molecule has 2 aromatic carbocycles. The Morgan fingerprint density at radius 1 is 1.12 bits per heavy atom. The second kappa shape index (κ2) is 6.09. The Balaban J connectivity index is 2.07. The summed E-state index contributed by atoms with van der Waals surface area (Å²) in [6.07, 6.45) is 1.69. The van der Waals surface area contributed by atoms with E-state index in [0.717, 1.165) is 16.6 Å². The second-order valence-electron chi connectivity index (χ2n) is 5.62. The molecule has 0 fully saturated rings. The van der Waals surface area contributed by atoms with Crippen LogP contribution in [0.2, 0.25) is 0 Å². The summed E-state index contributed by atoms with van der Waals surface area (Å²) >= 11 is 0. The number of nitro benzene ring substituents is 1. The number of aryl methyl sites for hydroxylation is 2. The molecule has 7 heteroatoms. The van der Waals surface area contributed by atoms with Crippen LogP contribution >= 0.6 is 0 Å². The van der Waals surface area contributed by atoms with E-state index in [1.54, 1.807) is 41.4 Å². The zero-order chi connectivity index (χ0) is 18.1. The highest BCUT2D eigenvalue weighted by atomic mass is 16.6. The molecule has 3 aromatic rings. The first-order valence-electron chi connectivity index (χ1n) is 7.44. The van der Waals surface area contributed by atoms with E-state index in [1.165, 1.54) is 12.1 Å². The van der Waals surface area contributed by atoms with Gasteiger partial charge >= 0.3 is 5.69 Å². The van der Waals surface area contributed by atoms with Crippen LogP contribution in [0.5, 0.6) is 0 Å². The zero-order valence-corrected chi connectivity index (χ0v) is 13.6. The molecule has 0 aliphatic heterocycles. The molecule has 0 bridgehead atoms. The van der Waals surface area contributed by atoms with Crippen LogP contribution in [0.1, 0.15) is 11.1 Å². The summed E-state index contributed by atoms with van der Waals surface area (Å²) in [7, 11) is 3.40. The van der Waals surface area contributed by atoms with Crippen LogP contribution in [0, 0.1) is 21.4 Å². The number of non-ortho nitro benzene ring substituents is 1. The molecule has 0 aliphatic carbocycles. The van der Waals surface area contributed by atoms with Gasteiger partial charge in [-0.15, -0.1) is 0 Å². The lowest BCUT2D eigenvalue weighted by Gasteiger charge is -2.01. The lowest BCUT2D eigenvalue weighted by molar-refractivity contribution is -0.384. The first kappa shape index (κ1) is 16.2. The number of allylic oxidation sites excluding steroid dienone is 1. The lowest BCUT2D eigenvalue weighted by Crippen LogP contribution is -2.19. The van der Waals surface area contributed by atoms with E-state index in [2.05, 4.69) is 6.07 Å². The number of benzene rings is 2. The molecule has 0 spiro atoms. The summed E-state index contributed by atoms with van der Waals surface area (Å²) in [6.45, 7) is 0. The van der Waals surface area contributed by atoms with Crippen molar-refractivity contribution >= 4 is 28.4 Å². The van der Waals surface area contributed by atoms with Gasteiger partial charge in [-0.05, 0) is 41.5 Å². The van der Waals surface area contributed by atoms with Crippen LogP contribution in [0.15, 0.2) is 47.3 Å². The van der Waals surface area contributed by atoms with E-state index in [1.807, 2.05) is 18.2 Å². The molecule has 124 valence electrons. The predicted molar refractivity (Wildman–Crippen MR) is 94.7 cm³/mol.